The molecule has 0 saturated carbocycles. The van der Waals surface area contributed by atoms with Crippen molar-refractivity contribution in [1.82, 2.24) is 5.32 Å². The van der Waals surface area contributed by atoms with Crippen LogP contribution in [0, 0.1) is 0 Å². The molecule has 2 nitrogen and oxygen atoms in total. The molecule has 0 radical (unpaired) electrons. The first-order valence-corrected chi connectivity index (χ1v) is 8.75. The van der Waals surface area contributed by atoms with Crippen LogP contribution in [-0.4, -0.2) is 19.2 Å². The van der Waals surface area contributed by atoms with Crippen LogP contribution in [0.5, 0.6) is 0 Å². The Hall–Kier alpha value is -1.09. The molecule has 1 heterocycles. The van der Waals surface area contributed by atoms with Crippen LogP contribution in [0.1, 0.15) is 45.1 Å². The van der Waals surface area contributed by atoms with Crippen molar-refractivity contribution in [2.75, 3.05) is 13.2 Å². The maximum atomic E-state index is 6.20. The predicted molar refractivity (Wildman–Crippen MR) is 101 cm³/mol. The lowest BCUT2D eigenvalue weighted by atomic mass is 9.92. The van der Waals surface area contributed by atoms with Gasteiger partial charge >= 0.3 is 0 Å². The second-order valence-electron chi connectivity index (χ2n) is 6.07. The molecule has 0 amide bonds. The van der Waals surface area contributed by atoms with Gasteiger partial charge in [-0.2, -0.15) is 0 Å². The Morgan fingerprint density at radius 3 is 2.52 bits per heavy atom. The van der Waals surface area contributed by atoms with E-state index < -0.39 is 0 Å². The largest absolute Gasteiger partial charge is 0.370 e. The molecule has 1 saturated heterocycles. The van der Waals surface area contributed by atoms with E-state index in [-0.39, 0.29) is 5.60 Å². The highest BCUT2D eigenvalue weighted by Crippen LogP contribution is 2.31. The van der Waals surface area contributed by atoms with Crippen LogP contribution in [0.2, 0.25) is 5.02 Å². The summed E-state index contributed by atoms with van der Waals surface area (Å²) in [5.74, 6) is 0. The molecule has 2 atom stereocenters. The third kappa shape index (κ3) is 6.90. The van der Waals surface area contributed by atoms with E-state index >= 15 is 0 Å². The molecule has 1 aromatic rings. The highest BCUT2D eigenvalue weighted by Gasteiger charge is 2.26. The molecular weight excluding hydrogens is 306 g/mol. The molecule has 0 aromatic heterocycles. The molecule has 0 bridgehead atoms. The SMILES string of the molecule is C=CC.C=CC[C@@](C)(OCC[C@H]1CCCN1)c1ccc(Cl)cc1. The van der Waals surface area contributed by atoms with Crippen molar-refractivity contribution < 1.29 is 4.74 Å². The van der Waals surface area contributed by atoms with Crippen molar-refractivity contribution in [2.45, 2.75) is 51.2 Å². The lowest BCUT2D eigenvalue weighted by Gasteiger charge is -2.30. The minimum Gasteiger partial charge on any atom is -0.370 e. The van der Waals surface area contributed by atoms with Crippen molar-refractivity contribution in [1.29, 1.82) is 0 Å². The Balaban J connectivity index is 0.000000816. The molecule has 1 fully saturated rings. The highest BCUT2D eigenvalue weighted by molar-refractivity contribution is 6.30. The standard InChI is InChI=1S/C17H24ClNO.C3H6/c1-3-11-17(2,14-6-8-15(18)9-7-14)20-13-10-16-5-4-12-19-16;1-3-2/h3,6-9,16,19H,1,4-5,10-13H2,2H3;3H,1H2,2H3/t16-,17-;/m1./s1. The van der Waals surface area contributed by atoms with Gasteiger partial charge in [0.15, 0.2) is 0 Å². The molecule has 1 N–H and O–H groups in total. The molecule has 0 spiro atoms. The van der Waals surface area contributed by atoms with Crippen molar-refractivity contribution >= 4 is 11.6 Å². The van der Waals surface area contributed by atoms with Crippen LogP contribution in [0.15, 0.2) is 49.6 Å². The van der Waals surface area contributed by atoms with E-state index in [9.17, 15) is 0 Å². The molecule has 128 valence electrons. The number of hydrogen-bond donors (Lipinski definition) is 1. The number of rotatable bonds is 7. The first-order chi connectivity index (χ1) is 11.1. The van der Waals surface area contributed by atoms with Crippen molar-refractivity contribution in [3.63, 3.8) is 0 Å². The molecule has 2 rings (SSSR count). The van der Waals surface area contributed by atoms with Gasteiger partial charge < -0.3 is 10.1 Å². The maximum absolute atomic E-state index is 6.20. The summed E-state index contributed by atoms with van der Waals surface area (Å²) in [4.78, 5) is 0. The molecule has 23 heavy (non-hydrogen) atoms. The molecule has 1 aliphatic rings. The van der Waals surface area contributed by atoms with Crippen molar-refractivity contribution in [2.24, 2.45) is 0 Å². The number of ether oxygens (including phenoxy) is 1. The lowest BCUT2D eigenvalue weighted by molar-refractivity contribution is -0.0374. The molecule has 3 heteroatoms. The van der Waals surface area contributed by atoms with E-state index in [2.05, 4.69) is 25.4 Å². The summed E-state index contributed by atoms with van der Waals surface area (Å²) in [6, 6.07) is 8.53. The summed E-state index contributed by atoms with van der Waals surface area (Å²) in [6.07, 6.45) is 8.09. The van der Waals surface area contributed by atoms with Crippen LogP contribution in [0.4, 0.5) is 0 Å². The fourth-order valence-corrected chi connectivity index (χ4v) is 2.89. The minimum atomic E-state index is -0.315. The Bertz CT molecular complexity index is 465. The number of allylic oxidation sites excluding steroid dienone is 1. The average Bonchev–Trinajstić information content (AvgIpc) is 3.02. The van der Waals surface area contributed by atoms with Gasteiger partial charge in [0.2, 0.25) is 0 Å². The van der Waals surface area contributed by atoms with Gasteiger partial charge in [-0.1, -0.05) is 35.9 Å². The normalized spacial score (nSPS) is 19.3. The molecule has 0 aliphatic carbocycles. The zero-order chi connectivity index (χ0) is 17.1. The fourth-order valence-electron chi connectivity index (χ4n) is 2.77. The van der Waals surface area contributed by atoms with Crippen LogP contribution in [0.25, 0.3) is 0 Å². The van der Waals surface area contributed by atoms with E-state index in [0.717, 1.165) is 36.6 Å². The number of nitrogens with one attached hydrogen (secondary N) is 1. The van der Waals surface area contributed by atoms with E-state index in [1.807, 2.05) is 37.3 Å². The van der Waals surface area contributed by atoms with Gasteiger partial charge in [0.1, 0.15) is 0 Å². The summed E-state index contributed by atoms with van der Waals surface area (Å²) in [7, 11) is 0. The Morgan fingerprint density at radius 1 is 1.35 bits per heavy atom. The Morgan fingerprint density at radius 2 is 2.00 bits per heavy atom. The number of hydrogen-bond acceptors (Lipinski definition) is 2. The quantitative estimate of drug-likeness (QED) is 0.666. The summed E-state index contributed by atoms with van der Waals surface area (Å²) >= 11 is 5.96. The van der Waals surface area contributed by atoms with E-state index in [0.29, 0.717) is 6.04 Å². The number of halogens is 1. The number of benzene rings is 1. The van der Waals surface area contributed by atoms with Gasteiger partial charge in [0, 0.05) is 17.7 Å². The van der Waals surface area contributed by atoms with Gasteiger partial charge in [-0.15, -0.1) is 13.2 Å². The Kier molecular flexibility index (Phi) is 9.23. The van der Waals surface area contributed by atoms with Gasteiger partial charge in [-0.05, 0) is 63.8 Å². The van der Waals surface area contributed by atoms with Crippen molar-refractivity contribution in [3.05, 3.63) is 60.2 Å². The highest BCUT2D eigenvalue weighted by atomic mass is 35.5. The third-order valence-electron chi connectivity index (χ3n) is 4.04. The van der Waals surface area contributed by atoms with Crippen LogP contribution >= 0.6 is 11.6 Å². The van der Waals surface area contributed by atoms with E-state index in [1.54, 1.807) is 6.08 Å². The topological polar surface area (TPSA) is 21.3 Å². The summed E-state index contributed by atoms with van der Waals surface area (Å²) in [5.41, 5.74) is 0.839. The summed E-state index contributed by atoms with van der Waals surface area (Å²) < 4.78 is 6.20. The van der Waals surface area contributed by atoms with Gasteiger partial charge in [-0.3, -0.25) is 0 Å². The van der Waals surface area contributed by atoms with E-state index in [1.165, 1.54) is 12.8 Å². The maximum Gasteiger partial charge on any atom is 0.0937 e. The lowest BCUT2D eigenvalue weighted by Crippen LogP contribution is -2.29. The molecular formula is C20H30ClNO. The van der Waals surface area contributed by atoms with E-state index in [4.69, 9.17) is 16.3 Å². The van der Waals surface area contributed by atoms with Crippen LogP contribution in [0.3, 0.4) is 0 Å². The monoisotopic (exact) mass is 335 g/mol. The second kappa shape index (κ2) is 10.6. The smallest absolute Gasteiger partial charge is 0.0937 e. The van der Waals surface area contributed by atoms with Gasteiger partial charge in [0.05, 0.1) is 5.60 Å². The first-order valence-electron chi connectivity index (χ1n) is 8.37. The summed E-state index contributed by atoms with van der Waals surface area (Å²) in [6.45, 7) is 13.1. The van der Waals surface area contributed by atoms with Gasteiger partial charge in [0.25, 0.3) is 0 Å². The van der Waals surface area contributed by atoms with Crippen molar-refractivity contribution in [3.8, 4) is 0 Å². The zero-order valence-electron chi connectivity index (χ0n) is 14.5. The molecule has 0 unspecified atom stereocenters. The third-order valence-corrected chi connectivity index (χ3v) is 4.29. The van der Waals surface area contributed by atoms with Crippen LogP contribution in [-0.2, 0) is 10.3 Å². The molecule has 1 aromatic carbocycles. The minimum absolute atomic E-state index is 0.315. The fraction of sp³-hybridized carbons (Fsp3) is 0.500. The summed E-state index contributed by atoms with van der Waals surface area (Å²) in [5, 5.41) is 4.26. The first kappa shape index (κ1) is 20.0. The second-order valence-corrected chi connectivity index (χ2v) is 6.51. The Labute approximate surface area is 146 Å². The van der Waals surface area contributed by atoms with Crippen LogP contribution < -0.4 is 5.32 Å². The average molecular weight is 336 g/mol. The zero-order valence-corrected chi connectivity index (χ0v) is 15.2. The molecule has 1 aliphatic heterocycles. The van der Waals surface area contributed by atoms with Gasteiger partial charge in [-0.25, -0.2) is 0 Å². The predicted octanol–water partition coefficient (Wildman–Crippen LogP) is 5.48.